The molecule has 0 aliphatic carbocycles. The Kier molecular flexibility index (Phi) is 7.43. The van der Waals surface area contributed by atoms with Crippen molar-refractivity contribution >= 4 is 33.2 Å². The quantitative estimate of drug-likeness (QED) is 0.153. The Bertz CT molecular complexity index is 1980. The first-order valence-electron chi connectivity index (χ1n) is 13.0. The standard InChI is InChI=1S/C26H25N9O8S/c1-13-6-2-3-7-14(13)16-10-35(33-31-16)26-29-22(27)19-23(30-26)34(12-28-19)25-21(38)20(37)18(43-25)11-42-44(40,41)32-24(39)15-8-4-5-9-17(15)36/h2-10,12,18,20-21,25,36-38H,11H2,1H3,(H,32,39)(H2,27,29,30). The number of hydrogen-bond donors (Lipinski definition) is 5. The number of aromatic nitrogens is 7. The van der Waals surface area contributed by atoms with Gasteiger partial charge in [-0.15, -0.1) is 5.10 Å². The van der Waals surface area contributed by atoms with Crippen LogP contribution >= 0.6 is 0 Å². The van der Waals surface area contributed by atoms with Crippen molar-refractivity contribution in [3.05, 3.63) is 72.2 Å². The minimum absolute atomic E-state index is 0.00380. The van der Waals surface area contributed by atoms with Crippen LogP contribution in [0.3, 0.4) is 0 Å². The van der Waals surface area contributed by atoms with Crippen LogP contribution in [-0.4, -0.2) is 89.1 Å². The summed E-state index contributed by atoms with van der Waals surface area (Å²) in [6.45, 7) is 1.17. The average molecular weight is 624 g/mol. The van der Waals surface area contributed by atoms with Crippen molar-refractivity contribution in [1.29, 1.82) is 0 Å². The predicted octanol–water partition coefficient (Wildman–Crippen LogP) is -0.0192. The lowest BCUT2D eigenvalue weighted by Gasteiger charge is -2.16. The number of aliphatic hydroxyl groups is 2. The monoisotopic (exact) mass is 623 g/mol. The number of imidazole rings is 1. The first-order chi connectivity index (χ1) is 21.0. The van der Waals surface area contributed by atoms with Gasteiger partial charge in [0.1, 0.15) is 35.3 Å². The summed E-state index contributed by atoms with van der Waals surface area (Å²) in [6.07, 6.45) is -2.92. The fourth-order valence-electron chi connectivity index (χ4n) is 4.68. The largest absolute Gasteiger partial charge is 0.507 e. The van der Waals surface area contributed by atoms with Crippen molar-refractivity contribution in [2.45, 2.75) is 31.5 Å². The average Bonchev–Trinajstić information content (AvgIpc) is 3.71. The third-order valence-electron chi connectivity index (χ3n) is 6.92. The lowest BCUT2D eigenvalue weighted by molar-refractivity contribution is -0.0468. The van der Waals surface area contributed by atoms with Gasteiger partial charge >= 0.3 is 10.3 Å². The second kappa shape index (κ2) is 11.2. The third-order valence-corrected chi connectivity index (χ3v) is 7.80. The van der Waals surface area contributed by atoms with Crippen molar-refractivity contribution < 1.29 is 37.5 Å². The highest BCUT2D eigenvalue weighted by atomic mass is 32.2. The topological polar surface area (TPSA) is 243 Å². The molecule has 1 fully saturated rings. The first kappa shape index (κ1) is 29.1. The van der Waals surface area contributed by atoms with Crippen molar-refractivity contribution in [3.63, 3.8) is 0 Å². The van der Waals surface area contributed by atoms with E-state index in [1.54, 1.807) is 10.9 Å². The number of nitrogens with zero attached hydrogens (tertiary/aromatic N) is 7. The minimum Gasteiger partial charge on any atom is -0.507 e. The highest BCUT2D eigenvalue weighted by Gasteiger charge is 2.45. The second-order valence-electron chi connectivity index (χ2n) is 9.83. The molecular formula is C26H25N9O8S. The molecule has 6 rings (SSSR count). The molecular weight excluding hydrogens is 598 g/mol. The number of anilines is 1. The molecule has 18 heteroatoms. The van der Waals surface area contributed by atoms with E-state index in [4.69, 9.17) is 14.7 Å². The molecule has 3 aromatic heterocycles. The summed E-state index contributed by atoms with van der Waals surface area (Å²) >= 11 is 0. The lowest BCUT2D eigenvalue weighted by atomic mass is 10.1. The number of nitrogen functional groups attached to an aromatic ring is 1. The Labute approximate surface area is 248 Å². The normalized spacial score (nSPS) is 20.2. The fourth-order valence-corrected chi connectivity index (χ4v) is 5.39. The Balaban J connectivity index is 1.20. The van der Waals surface area contributed by atoms with Crippen LogP contribution in [0.4, 0.5) is 5.82 Å². The number of phenols is 1. The van der Waals surface area contributed by atoms with Gasteiger partial charge in [-0.2, -0.15) is 23.1 Å². The number of ether oxygens (including phenoxy) is 1. The molecule has 1 aliphatic rings. The molecule has 1 aliphatic heterocycles. The van der Waals surface area contributed by atoms with Crippen molar-refractivity contribution in [2.75, 3.05) is 12.3 Å². The molecule has 4 atom stereocenters. The molecule has 4 heterocycles. The first-order valence-corrected chi connectivity index (χ1v) is 14.4. The summed E-state index contributed by atoms with van der Waals surface area (Å²) in [6, 6.07) is 12.9. The molecule has 228 valence electrons. The lowest BCUT2D eigenvalue weighted by Crippen LogP contribution is -2.37. The number of aromatic hydroxyl groups is 1. The van der Waals surface area contributed by atoms with Crippen LogP contribution < -0.4 is 10.5 Å². The van der Waals surface area contributed by atoms with Gasteiger partial charge in [0.2, 0.25) is 0 Å². The summed E-state index contributed by atoms with van der Waals surface area (Å²) in [5.74, 6) is -1.53. The van der Waals surface area contributed by atoms with Gasteiger partial charge in [-0.1, -0.05) is 41.6 Å². The van der Waals surface area contributed by atoms with Gasteiger partial charge in [-0.25, -0.2) is 9.71 Å². The number of carbonyl (C=O) groups is 1. The van der Waals surface area contributed by atoms with Crippen LogP contribution in [0.15, 0.2) is 61.1 Å². The minimum atomic E-state index is -4.70. The fraction of sp³-hybridized carbons (Fsp3) is 0.231. The van der Waals surface area contributed by atoms with Gasteiger partial charge < -0.3 is 25.8 Å². The molecule has 4 unspecified atom stereocenters. The summed E-state index contributed by atoms with van der Waals surface area (Å²) in [4.78, 5) is 25.2. The Hall–Kier alpha value is -5.01. The molecule has 1 saturated heterocycles. The predicted molar refractivity (Wildman–Crippen MR) is 151 cm³/mol. The maximum Gasteiger partial charge on any atom is 0.362 e. The van der Waals surface area contributed by atoms with Crippen LogP contribution in [0.25, 0.3) is 28.4 Å². The Morgan fingerprint density at radius 3 is 2.64 bits per heavy atom. The molecule has 2 aromatic carbocycles. The number of fused-ring (bicyclic) bond motifs is 1. The van der Waals surface area contributed by atoms with Crippen molar-refractivity contribution in [3.8, 4) is 23.0 Å². The van der Waals surface area contributed by atoms with Crippen LogP contribution in [0.5, 0.6) is 5.75 Å². The van der Waals surface area contributed by atoms with E-state index in [9.17, 15) is 28.5 Å². The molecule has 0 radical (unpaired) electrons. The zero-order chi connectivity index (χ0) is 31.2. The molecule has 17 nitrogen and oxygen atoms in total. The number of benzene rings is 2. The number of nitrogens with one attached hydrogen (secondary N) is 1. The number of rotatable bonds is 8. The van der Waals surface area contributed by atoms with Gasteiger partial charge in [-0.3, -0.25) is 13.5 Å². The van der Waals surface area contributed by atoms with Gasteiger partial charge in [0.15, 0.2) is 17.7 Å². The zero-order valence-electron chi connectivity index (χ0n) is 22.8. The van der Waals surface area contributed by atoms with Gasteiger partial charge in [0.05, 0.1) is 24.7 Å². The third kappa shape index (κ3) is 5.42. The van der Waals surface area contributed by atoms with Gasteiger partial charge in [-0.05, 0) is 24.6 Å². The highest BCUT2D eigenvalue weighted by molar-refractivity contribution is 7.85. The summed E-state index contributed by atoms with van der Waals surface area (Å²) in [7, 11) is -4.70. The number of phenolic OH excluding ortho intramolecular Hbond substituents is 1. The van der Waals surface area contributed by atoms with E-state index in [2.05, 4.69) is 25.3 Å². The van der Waals surface area contributed by atoms with E-state index in [1.165, 1.54) is 39.8 Å². The van der Waals surface area contributed by atoms with E-state index in [-0.39, 0.29) is 28.5 Å². The number of carbonyl (C=O) groups excluding carboxylic acids is 1. The van der Waals surface area contributed by atoms with Crippen molar-refractivity contribution in [2.24, 2.45) is 0 Å². The molecule has 1 amide bonds. The summed E-state index contributed by atoms with van der Waals surface area (Å²) in [5, 5.41) is 39.5. The summed E-state index contributed by atoms with van der Waals surface area (Å²) in [5.41, 5.74) is 8.58. The number of aryl methyl sites for hydroxylation is 1. The van der Waals surface area contributed by atoms with Crippen LogP contribution in [0.2, 0.25) is 0 Å². The molecule has 6 N–H and O–H groups in total. The van der Waals surface area contributed by atoms with Crippen LogP contribution in [0, 0.1) is 6.92 Å². The Morgan fingerprint density at radius 1 is 1.11 bits per heavy atom. The van der Waals surface area contributed by atoms with E-state index >= 15 is 0 Å². The number of para-hydroxylation sites is 1. The van der Waals surface area contributed by atoms with E-state index in [1.807, 2.05) is 31.2 Å². The number of hydrogen-bond acceptors (Lipinski definition) is 14. The highest BCUT2D eigenvalue weighted by Crippen LogP contribution is 2.33. The number of amides is 1. The second-order valence-corrected chi connectivity index (χ2v) is 11.2. The molecule has 0 spiro atoms. The van der Waals surface area contributed by atoms with Crippen molar-refractivity contribution in [1.82, 2.24) is 39.2 Å². The van der Waals surface area contributed by atoms with E-state index in [0.29, 0.717) is 5.69 Å². The van der Waals surface area contributed by atoms with E-state index < -0.39 is 53.1 Å². The van der Waals surface area contributed by atoms with Crippen LogP contribution in [-0.2, 0) is 19.2 Å². The molecule has 44 heavy (non-hydrogen) atoms. The maximum absolute atomic E-state index is 12.4. The number of aliphatic hydroxyl groups excluding tert-OH is 2. The molecule has 0 saturated carbocycles. The SMILES string of the molecule is Cc1ccccc1-c1cn(-c2nc(N)c3ncn(C4OC(COS(=O)(=O)NC(=O)c5ccccc5O)C(O)C4O)c3n2)nn1. The van der Waals surface area contributed by atoms with Gasteiger partial charge in [0.25, 0.3) is 11.9 Å². The smallest absolute Gasteiger partial charge is 0.362 e. The zero-order valence-corrected chi connectivity index (χ0v) is 23.6. The molecule has 0 bridgehead atoms. The van der Waals surface area contributed by atoms with E-state index in [0.717, 1.165) is 11.1 Å². The number of nitrogens with two attached hydrogens (primary N) is 1. The molecule has 5 aromatic rings. The summed E-state index contributed by atoms with van der Waals surface area (Å²) < 4.78 is 39.6. The van der Waals surface area contributed by atoms with Crippen LogP contribution in [0.1, 0.15) is 22.1 Å². The van der Waals surface area contributed by atoms with Gasteiger partial charge in [0, 0.05) is 5.56 Å². The maximum atomic E-state index is 12.4. The Morgan fingerprint density at radius 2 is 1.86 bits per heavy atom.